The Balaban J connectivity index is 1.41. The van der Waals surface area contributed by atoms with Crippen LogP contribution in [0.4, 0.5) is 5.69 Å². The van der Waals surface area contributed by atoms with Crippen molar-refractivity contribution in [1.82, 2.24) is 4.90 Å². The zero-order valence-corrected chi connectivity index (χ0v) is 16.2. The van der Waals surface area contributed by atoms with Crippen LogP contribution in [0.15, 0.2) is 58.5 Å². The maximum absolute atomic E-state index is 12.7. The van der Waals surface area contributed by atoms with Crippen LogP contribution >= 0.6 is 11.3 Å². The molecular formula is C21H22N2O4S. The molecule has 3 aromatic rings. The van der Waals surface area contributed by atoms with Gasteiger partial charge in [-0.25, -0.2) is 0 Å². The van der Waals surface area contributed by atoms with Gasteiger partial charge in [0.1, 0.15) is 5.76 Å². The fourth-order valence-electron chi connectivity index (χ4n) is 3.06. The molecule has 0 saturated carbocycles. The van der Waals surface area contributed by atoms with Crippen LogP contribution in [0.2, 0.25) is 0 Å². The largest absolute Gasteiger partial charge is 0.490 e. The fraction of sp³-hybridized carbons (Fsp3) is 0.286. The van der Waals surface area contributed by atoms with Gasteiger partial charge >= 0.3 is 0 Å². The van der Waals surface area contributed by atoms with Crippen LogP contribution in [0.25, 0.3) is 0 Å². The van der Waals surface area contributed by atoms with Crippen molar-refractivity contribution in [1.29, 1.82) is 0 Å². The highest BCUT2D eigenvalue weighted by Crippen LogP contribution is 2.32. The number of ether oxygens (including phenoxy) is 2. The zero-order valence-electron chi connectivity index (χ0n) is 15.4. The highest BCUT2D eigenvalue weighted by Gasteiger charge is 2.16. The topological polar surface area (TPSA) is 63.9 Å². The molecule has 28 heavy (non-hydrogen) atoms. The van der Waals surface area contributed by atoms with Crippen LogP contribution in [0.3, 0.4) is 0 Å². The molecule has 0 bridgehead atoms. The van der Waals surface area contributed by atoms with E-state index in [0.29, 0.717) is 43.5 Å². The number of thiophene rings is 1. The summed E-state index contributed by atoms with van der Waals surface area (Å²) in [7, 11) is 0. The van der Waals surface area contributed by atoms with E-state index < -0.39 is 0 Å². The van der Waals surface area contributed by atoms with Gasteiger partial charge in [0, 0.05) is 29.6 Å². The molecule has 7 heteroatoms. The van der Waals surface area contributed by atoms with Gasteiger partial charge in [0.05, 0.1) is 32.6 Å². The summed E-state index contributed by atoms with van der Waals surface area (Å²) >= 11 is 1.68. The van der Waals surface area contributed by atoms with E-state index in [0.717, 1.165) is 12.2 Å². The third-order valence-corrected chi connectivity index (χ3v) is 5.18. The molecule has 1 aliphatic heterocycles. The number of rotatable bonds is 7. The van der Waals surface area contributed by atoms with E-state index in [1.807, 2.05) is 41.8 Å². The second-order valence-corrected chi connectivity index (χ2v) is 7.60. The average Bonchev–Trinajstić information content (AvgIpc) is 3.32. The first kappa shape index (κ1) is 18.6. The number of nitrogens with zero attached hydrogens (tertiary/aromatic N) is 1. The smallest absolute Gasteiger partial charge is 0.238 e. The second kappa shape index (κ2) is 8.95. The standard InChI is InChI=1S/C21H22N2O4S/c24-21(22-16-6-7-19-20(12-16)27-10-3-9-26-19)15-23(13-17-4-1-8-25-17)14-18-5-2-11-28-18/h1-2,4-8,11-12H,3,9-10,13-15H2,(H,22,24). The van der Waals surface area contributed by atoms with Gasteiger partial charge in [0.2, 0.25) is 5.91 Å². The molecule has 0 fully saturated rings. The Morgan fingerprint density at radius 3 is 2.75 bits per heavy atom. The summed E-state index contributed by atoms with van der Waals surface area (Å²) in [5, 5.41) is 5.00. The van der Waals surface area contributed by atoms with Crippen molar-refractivity contribution in [3.05, 3.63) is 64.7 Å². The van der Waals surface area contributed by atoms with Crippen molar-refractivity contribution in [3.8, 4) is 11.5 Å². The molecule has 0 aliphatic carbocycles. The maximum Gasteiger partial charge on any atom is 0.238 e. The van der Waals surface area contributed by atoms with Crippen molar-refractivity contribution in [2.45, 2.75) is 19.5 Å². The summed E-state index contributed by atoms with van der Waals surface area (Å²) in [6.07, 6.45) is 2.50. The number of hydrogen-bond acceptors (Lipinski definition) is 6. The quantitative estimate of drug-likeness (QED) is 0.648. The minimum absolute atomic E-state index is 0.0856. The van der Waals surface area contributed by atoms with Crippen molar-refractivity contribution >= 4 is 22.9 Å². The number of furan rings is 1. The Labute approximate surface area is 167 Å². The Morgan fingerprint density at radius 1 is 1.07 bits per heavy atom. The molecule has 2 aromatic heterocycles. The van der Waals surface area contributed by atoms with Crippen LogP contribution in [-0.4, -0.2) is 30.6 Å². The third-order valence-electron chi connectivity index (χ3n) is 4.32. The van der Waals surface area contributed by atoms with Crippen molar-refractivity contribution < 1.29 is 18.7 Å². The number of carbonyl (C=O) groups is 1. The molecule has 146 valence electrons. The molecule has 0 radical (unpaired) electrons. The molecular weight excluding hydrogens is 376 g/mol. The molecule has 3 heterocycles. The van der Waals surface area contributed by atoms with E-state index in [9.17, 15) is 4.79 Å². The maximum atomic E-state index is 12.7. The summed E-state index contributed by atoms with van der Waals surface area (Å²) < 4.78 is 16.8. The predicted octanol–water partition coefficient (Wildman–Crippen LogP) is 4.14. The lowest BCUT2D eigenvalue weighted by molar-refractivity contribution is -0.117. The Kier molecular flexibility index (Phi) is 5.94. The molecule has 1 aliphatic rings. The number of carbonyl (C=O) groups excluding carboxylic acids is 1. The number of hydrogen-bond donors (Lipinski definition) is 1. The molecule has 1 amide bonds. The highest BCUT2D eigenvalue weighted by molar-refractivity contribution is 7.09. The summed E-state index contributed by atoms with van der Waals surface area (Å²) in [6, 6.07) is 13.3. The molecule has 0 unspecified atom stereocenters. The highest BCUT2D eigenvalue weighted by atomic mass is 32.1. The van der Waals surface area contributed by atoms with Crippen LogP contribution in [0.5, 0.6) is 11.5 Å². The van der Waals surface area contributed by atoms with Gasteiger partial charge < -0.3 is 19.2 Å². The molecule has 6 nitrogen and oxygen atoms in total. The van der Waals surface area contributed by atoms with Crippen LogP contribution < -0.4 is 14.8 Å². The van der Waals surface area contributed by atoms with Gasteiger partial charge in [-0.15, -0.1) is 11.3 Å². The van der Waals surface area contributed by atoms with Gasteiger partial charge in [-0.05, 0) is 35.7 Å². The Hall–Kier alpha value is -2.77. The van der Waals surface area contributed by atoms with E-state index in [-0.39, 0.29) is 12.5 Å². The Bertz CT molecular complexity index is 857. The molecule has 4 rings (SSSR count). The van der Waals surface area contributed by atoms with Crippen molar-refractivity contribution in [2.75, 3.05) is 25.1 Å². The molecule has 0 atom stereocenters. The molecule has 0 spiro atoms. The minimum Gasteiger partial charge on any atom is -0.490 e. The predicted molar refractivity (Wildman–Crippen MR) is 108 cm³/mol. The van der Waals surface area contributed by atoms with Crippen LogP contribution in [-0.2, 0) is 17.9 Å². The molecule has 1 aromatic carbocycles. The lowest BCUT2D eigenvalue weighted by atomic mass is 10.2. The second-order valence-electron chi connectivity index (χ2n) is 6.56. The van der Waals surface area contributed by atoms with Crippen molar-refractivity contribution in [2.24, 2.45) is 0 Å². The van der Waals surface area contributed by atoms with Gasteiger partial charge in [0.25, 0.3) is 0 Å². The first-order valence-corrected chi connectivity index (χ1v) is 10.1. The third kappa shape index (κ3) is 4.94. The summed E-state index contributed by atoms with van der Waals surface area (Å²) in [5.41, 5.74) is 0.698. The molecule has 1 N–H and O–H groups in total. The lowest BCUT2D eigenvalue weighted by Gasteiger charge is -2.20. The van der Waals surface area contributed by atoms with Gasteiger partial charge in [-0.1, -0.05) is 6.07 Å². The number of amides is 1. The van der Waals surface area contributed by atoms with Crippen molar-refractivity contribution in [3.63, 3.8) is 0 Å². The Morgan fingerprint density at radius 2 is 1.96 bits per heavy atom. The lowest BCUT2D eigenvalue weighted by Crippen LogP contribution is -2.32. The normalized spacial score (nSPS) is 13.3. The number of anilines is 1. The van der Waals surface area contributed by atoms with E-state index in [1.165, 1.54) is 4.88 Å². The number of benzene rings is 1. The monoisotopic (exact) mass is 398 g/mol. The van der Waals surface area contributed by atoms with Crippen LogP contribution in [0, 0.1) is 0 Å². The summed E-state index contributed by atoms with van der Waals surface area (Å²) in [5.74, 6) is 2.13. The average molecular weight is 398 g/mol. The SMILES string of the molecule is O=C(CN(Cc1ccco1)Cc1cccs1)Nc1ccc2c(c1)OCCCO2. The molecule has 0 saturated heterocycles. The fourth-order valence-corrected chi connectivity index (χ4v) is 3.80. The van der Waals surface area contributed by atoms with E-state index in [1.54, 1.807) is 17.6 Å². The zero-order chi connectivity index (χ0) is 19.2. The summed E-state index contributed by atoms with van der Waals surface area (Å²) in [4.78, 5) is 15.9. The van der Waals surface area contributed by atoms with Gasteiger partial charge in [-0.2, -0.15) is 0 Å². The number of nitrogens with one attached hydrogen (secondary N) is 1. The van der Waals surface area contributed by atoms with E-state index >= 15 is 0 Å². The van der Waals surface area contributed by atoms with E-state index in [4.69, 9.17) is 13.9 Å². The van der Waals surface area contributed by atoms with Crippen LogP contribution in [0.1, 0.15) is 17.1 Å². The van der Waals surface area contributed by atoms with Gasteiger partial charge in [-0.3, -0.25) is 9.69 Å². The first-order valence-electron chi connectivity index (χ1n) is 9.23. The van der Waals surface area contributed by atoms with E-state index in [2.05, 4.69) is 16.3 Å². The number of fused-ring (bicyclic) bond motifs is 1. The summed E-state index contributed by atoms with van der Waals surface area (Å²) in [6.45, 7) is 2.77. The minimum atomic E-state index is -0.0856. The first-order chi connectivity index (χ1) is 13.8. The van der Waals surface area contributed by atoms with Gasteiger partial charge in [0.15, 0.2) is 11.5 Å².